The average Bonchev–Trinajstić information content (AvgIpc) is 2.65. The third-order valence-corrected chi connectivity index (χ3v) is 2.98. The van der Waals surface area contributed by atoms with Gasteiger partial charge in [0, 0.05) is 19.5 Å². The second kappa shape index (κ2) is 8.06. The number of carbonyl (C=O) groups excluding carboxylic acids is 2. The third-order valence-electron chi connectivity index (χ3n) is 2.98. The first kappa shape index (κ1) is 14.0. The lowest BCUT2D eigenvalue weighted by Gasteiger charge is -2.03. The number of hydrogen-bond donors (Lipinski definition) is 3. The predicted octanol–water partition coefficient (Wildman–Crippen LogP) is 0.290. The summed E-state index contributed by atoms with van der Waals surface area (Å²) in [7, 11) is 0. The molecule has 2 aliphatic heterocycles. The van der Waals surface area contributed by atoms with E-state index < -0.39 is 0 Å². The Hall–Kier alpha value is -1.10. The van der Waals surface area contributed by atoms with Crippen LogP contribution < -0.4 is 16.4 Å². The molecular weight excluding hydrogens is 218 g/mol. The van der Waals surface area contributed by atoms with E-state index in [1.807, 2.05) is 0 Å². The van der Waals surface area contributed by atoms with Crippen LogP contribution in [-0.2, 0) is 9.59 Å². The Kier molecular flexibility index (Phi) is 6.62. The maximum atomic E-state index is 10.8. The van der Waals surface area contributed by atoms with Crippen molar-refractivity contribution in [3.63, 3.8) is 0 Å². The van der Waals surface area contributed by atoms with E-state index >= 15 is 0 Å². The summed E-state index contributed by atoms with van der Waals surface area (Å²) < 4.78 is 0. The first-order chi connectivity index (χ1) is 8.20. The van der Waals surface area contributed by atoms with Crippen LogP contribution in [0.1, 0.15) is 44.9 Å². The van der Waals surface area contributed by atoms with E-state index in [4.69, 9.17) is 5.73 Å². The standard InChI is InChI=1S/C6H12N2O.C6H11NO/c7-5-3-1-2-4-8-6(5)9;8-6-4-2-1-3-5-7-6/h5H,1-4,7H2,(H,8,9);1-5H2,(H,7,8)/t5-;/m0./s1. The van der Waals surface area contributed by atoms with Crippen molar-refractivity contribution >= 4 is 11.8 Å². The van der Waals surface area contributed by atoms with Crippen molar-refractivity contribution in [2.45, 2.75) is 51.0 Å². The van der Waals surface area contributed by atoms with Gasteiger partial charge in [0.15, 0.2) is 0 Å². The van der Waals surface area contributed by atoms with Crippen LogP contribution in [0.2, 0.25) is 0 Å². The average molecular weight is 241 g/mol. The highest BCUT2D eigenvalue weighted by Gasteiger charge is 2.14. The van der Waals surface area contributed by atoms with E-state index in [-0.39, 0.29) is 17.9 Å². The molecule has 0 aromatic rings. The highest BCUT2D eigenvalue weighted by molar-refractivity contribution is 5.81. The zero-order valence-electron chi connectivity index (χ0n) is 10.3. The molecule has 2 fully saturated rings. The Morgan fingerprint density at radius 1 is 0.941 bits per heavy atom. The Morgan fingerprint density at radius 3 is 2.47 bits per heavy atom. The van der Waals surface area contributed by atoms with E-state index in [0.717, 1.165) is 51.6 Å². The van der Waals surface area contributed by atoms with Crippen molar-refractivity contribution < 1.29 is 9.59 Å². The maximum Gasteiger partial charge on any atom is 0.236 e. The second-order valence-electron chi connectivity index (χ2n) is 4.55. The number of nitrogens with two attached hydrogens (primary N) is 1. The molecule has 2 heterocycles. The quantitative estimate of drug-likeness (QED) is 0.570. The van der Waals surface area contributed by atoms with Crippen molar-refractivity contribution in [3.8, 4) is 0 Å². The molecule has 0 aromatic heterocycles. The Balaban J connectivity index is 0.000000171. The van der Waals surface area contributed by atoms with Crippen molar-refractivity contribution in [2.24, 2.45) is 5.73 Å². The molecule has 0 radical (unpaired) electrons. The molecule has 0 saturated carbocycles. The normalized spacial score (nSPS) is 25.6. The zero-order valence-corrected chi connectivity index (χ0v) is 10.3. The second-order valence-corrected chi connectivity index (χ2v) is 4.55. The minimum atomic E-state index is -0.257. The number of rotatable bonds is 0. The molecule has 5 heteroatoms. The SMILES string of the molecule is N[C@H]1CCCCNC1=O.O=C1CCCCCN1. The number of hydrogen-bond acceptors (Lipinski definition) is 3. The van der Waals surface area contributed by atoms with Gasteiger partial charge in [-0.3, -0.25) is 9.59 Å². The highest BCUT2D eigenvalue weighted by Crippen LogP contribution is 2.02. The van der Waals surface area contributed by atoms with Gasteiger partial charge in [0.1, 0.15) is 0 Å². The molecule has 0 unspecified atom stereocenters. The Bertz CT molecular complexity index is 246. The molecule has 1 atom stereocenters. The molecule has 2 amide bonds. The van der Waals surface area contributed by atoms with Crippen molar-refractivity contribution in [1.82, 2.24) is 10.6 Å². The topological polar surface area (TPSA) is 84.2 Å². The summed E-state index contributed by atoms with van der Waals surface area (Å²) in [6, 6.07) is -0.257. The van der Waals surface area contributed by atoms with Crippen LogP contribution in [0, 0.1) is 0 Å². The van der Waals surface area contributed by atoms with Crippen LogP contribution in [0.5, 0.6) is 0 Å². The van der Waals surface area contributed by atoms with Crippen LogP contribution >= 0.6 is 0 Å². The first-order valence-electron chi connectivity index (χ1n) is 6.50. The molecule has 98 valence electrons. The molecule has 0 bridgehead atoms. The molecule has 17 heavy (non-hydrogen) atoms. The highest BCUT2D eigenvalue weighted by atomic mass is 16.2. The van der Waals surface area contributed by atoms with Crippen LogP contribution in [0.4, 0.5) is 0 Å². The van der Waals surface area contributed by atoms with Gasteiger partial charge in [0.05, 0.1) is 6.04 Å². The summed E-state index contributed by atoms with van der Waals surface area (Å²) in [5.74, 6) is 0.231. The fourth-order valence-corrected chi connectivity index (χ4v) is 1.87. The summed E-state index contributed by atoms with van der Waals surface area (Å²) in [6.45, 7) is 1.69. The molecule has 2 rings (SSSR count). The van der Waals surface area contributed by atoms with E-state index in [0.29, 0.717) is 0 Å². The van der Waals surface area contributed by atoms with Gasteiger partial charge in [-0.25, -0.2) is 0 Å². The van der Waals surface area contributed by atoms with Crippen LogP contribution in [0.25, 0.3) is 0 Å². The Morgan fingerprint density at radius 2 is 1.65 bits per heavy atom. The Labute approximate surface area is 103 Å². The summed E-state index contributed by atoms with van der Waals surface area (Å²) in [6.07, 6.45) is 7.15. The van der Waals surface area contributed by atoms with Crippen molar-refractivity contribution in [3.05, 3.63) is 0 Å². The molecule has 5 nitrogen and oxygen atoms in total. The fraction of sp³-hybridized carbons (Fsp3) is 0.833. The molecule has 4 N–H and O–H groups in total. The van der Waals surface area contributed by atoms with Gasteiger partial charge < -0.3 is 16.4 Å². The van der Waals surface area contributed by atoms with E-state index in [1.54, 1.807) is 0 Å². The van der Waals surface area contributed by atoms with Gasteiger partial charge in [-0.15, -0.1) is 0 Å². The van der Waals surface area contributed by atoms with Crippen LogP contribution in [-0.4, -0.2) is 30.9 Å². The van der Waals surface area contributed by atoms with Gasteiger partial charge in [-0.05, 0) is 32.1 Å². The molecular formula is C12H23N3O2. The molecule has 0 spiro atoms. The lowest BCUT2D eigenvalue weighted by molar-refractivity contribution is -0.122. The smallest absolute Gasteiger partial charge is 0.236 e. The zero-order chi connectivity index (χ0) is 12.5. The lowest BCUT2D eigenvalue weighted by atomic mass is 10.1. The van der Waals surface area contributed by atoms with Crippen molar-refractivity contribution in [2.75, 3.05) is 13.1 Å². The maximum absolute atomic E-state index is 10.8. The van der Waals surface area contributed by atoms with Gasteiger partial charge in [0.25, 0.3) is 0 Å². The van der Waals surface area contributed by atoms with Gasteiger partial charge >= 0.3 is 0 Å². The summed E-state index contributed by atoms with van der Waals surface area (Å²) in [5.41, 5.74) is 5.47. The van der Waals surface area contributed by atoms with Gasteiger partial charge in [-0.2, -0.15) is 0 Å². The van der Waals surface area contributed by atoms with Crippen LogP contribution in [0.15, 0.2) is 0 Å². The molecule has 0 aromatic carbocycles. The number of amides is 2. The monoisotopic (exact) mass is 241 g/mol. The van der Waals surface area contributed by atoms with Gasteiger partial charge in [-0.1, -0.05) is 6.42 Å². The molecule has 0 aliphatic carbocycles. The first-order valence-corrected chi connectivity index (χ1v) is 6.50. The summed E-state index contributed by atoms with van der Waals surface area (Å²) >= 11 is 0. The molecule has 2 aliphatic rings. The lowest BCUT2D eigenvalue weighted by Crippen LogP contribution is -2.38. The fourth-order valence-electron chi connectivity index (χ4n) is 1.87. The molecule has 2 saturated heterocycles. The minimum Gasteiger partial charge on any atom is -0.356 e. The van der Waals surface area contributed by atoms with Crippen LogP contribution in [0.3, 0.4) is 0 Å². The van der Waals surface area contributed by atoms with Crippen molar-refractivity contribution in [1.29, 1.82) is 0 Å². The number of nitrogens with one attached hydrogen (secondary N) is 2. The third kappa shape index (κ3) is 6.26. The number of carbonyl (C=O) groups is 2. The largest absolute Gasteiger partial charge is 0.356 e. The van der Waals surface area contributed by atoms with E-state index in [9.17, 15) is 9.59 Å². The van der Waals surface area contributed by atoms with Gasteiger partial charge in [0.2, 0.25) is 11.8 Å². The van der Waals surface area contributed by atoms with E-state index in [1.165, 1.54) is 6.42 Å². The summed E-state index contributed by atoms with van der Waals surface area (Å²) in [5, 5.41) is 5.54. The predicted molar refractivity (Wildman–Crippen MR) is 66.3 cm³/mol. The minimum absolute atomic E-state index is 0.00694. The van der Waals surface area contributed by atoms with E-state index in [2.05, 4.69) is 10.6 Å². The summed E-state index contributed by atoms with van der Waals surface area (Å²) in [4.78, 5) is 21.3.